The number of aromatic nitrogens is 2. The second-order valence-electron chi connectivity index (χ2n) is 4.31. The molecule has 0 aliphatic heterocycles. The van der Waals surface area contributed by atoms with Crippen LogP contribution in [0.3, 0.4) is 0 Å². The van der Waals surface area contributed by atoms with E-state index in [-0.39, 0.29) is 5.56 Å². The van der Waals surface area contributed by atoms with E-state index in [2.05, 4.69) is 16.0 Å². The first kappa shape index (κ1) is 12.4. The van der Waals surface area contributed by atoms with Crippen LogP contribution < -0.4 is 10.3 Å². The molecule has 2 rings (SSSR count). The molecule has 94 valence electrons. The minimum atomic E-state index is -0.193. The molecule has 1 aromatic heterocycles. The maximum absolute atomic E-state index is 11.4. The molecule has 0 aliphatic rings. The third-order valence-corrected chi connectivity index (χ3v) is 2.52. The molecule has 1 N–H and O–H groups in total. The number of benzene rings is 1. The van der Waals surface area contributed by atoms with Crippen LogP contribution in [0.1, 0.15) is 23.9 Å². The molecule has 4 nitrogen and oxygen atoms in total. The van der Waals surface area contributed by atoms with Gasteiger partial charge in [0.15, 0.2) is 0 Å². The quantitative estimate of drug-likeness (QED) is 0.903. The molecule has 0 spiro atoms. The molecule has 0 aliphatic carbocycles. The van der Waals surface area contributed by atoms with Crippen LogP contribution in [-0.2, 0) is 6.42 Å². The van der Waals surface area contributed by atoms with Gasteiger partial charge >= 0.3 is 0 Å². The van der Waals surface area contributed by atoms with E-state index in [1.54, 1.807) is 0 Å². The van der Waals surface area contributed by atoms with Crippen molar-refractivity contribution in [3.8, 4) is 11.6 Å². The van der Waals surface area contributed by atoms with E-state index >= 15 is 0 Å². The van der Waals surface area contributed by atoms with Gasteiger partial charge < -0.3 is 9.72 Å². The number of aromatic amines is 1. The molecule has 0 atom stereocenters. The second-order valence-corrected chi connectivity index (χ2v) is 4.31. The Balaban J connectivity index is 2.33. The van der Waals surface area contributed by atoms with E-state index in [1.807, 2.05) is 32.9 Å². The topological polar surface area (TPSA) is 55.0 Å². The third-order valence-electron chi connectivity index (χ3n) is 2.52. The van der Waals surface area contributed by atoms with Crippen molar-refractivity contribution in [1.82, 2.24) is 9.97 Å². The molecule has 1 heterocycles. The first-order chi connectivity index (χ1) is 8.56. The summed E-state index contributed by atoms with van der Waals surface area (Å²) >= 11 is 0. The van der Waals surface area contributed by atoms with Crippen LogP contribution in [0.5, 0.6) is 11.6 Å². The van der Waals surface area contributed by atoms with Gasteiger partial charge in [0.05, 0.1) is 6.07 Å². The Labute approximate surface area is 106 Å². The van der Waals surface area contributed by atoms with Gasteiger partial charge in [-0.2, -0.15) is 4.98 Å². The predicted molar refractivity (Wildman–Crippen MR) is 70.2 cm³/mol. The maximum atomic E-state index is 11.4. The first-order valence-electron chi connectivity index (χ1n) is 5.93. The average Bonchev–Trinajstić information content (AvgIpc) is 2.26. The van der Waals surface area contributed by atoms with E-state index in [9.17, 15) is 4.79 Å². The Morgan fingerprint density at radius 2 is 1.83 bits per heavy atom. The molecule has 0 bridgehead atoms. The Hall–Kier alpha value is -2.10. The molecule has 0 amide bonds. The standard InChI is InChI=1S/C14H16N2O2/c1-4-12-15-13(17)8-14(16-12)18-11-6-9(2)5-10(3)7-11/h5-8H,4H2,1-3H3,(H,15,16,17). The van der Waals surface area contributed by atoms with E-state index in [1.165, 1.54) is 6.07 Å². The summed E-state index contributed by atoms with van der Waals surface area (Å²) in [6.07, 6.45) is 0.666. The summed E-state index contributed by atoms with van der Waals surface area (Å²) in [4.78, 5) is 18.3. The SMILES string of the molecule is CCc1nc(Oc2cc(C)cc(C)c2)cc(=O)[nH]1. The zero-order chi connectivity index (χ0) is 13.1. The Bertz CT molecular complexity index is 597. The van der Waals surface area contributed by atoms with E-state index < -0.39 is 0 Å². The highest BCUT2D eigenvalue weighted by molar-refractivity contribution is 5.35. The van der Waals surface area contributed by atoms with Gasteiger partial charge in [-0.05, 0) is 37.1 Å². The highest BCUT2D eigenvalue weighted by atomic mass is 16.5. The van der Waals surface area contributed by atoms with Crippen molar-refractivity contribution in [2.75, 3.05) is 0 Å². The van der Waals surface area contributed by atoms with Crippen LogP contribution in [0.25, 0.3) is 0 Å². The Morgan fingerprint density at radius 3 is 2.44 bits per heavy atom. The molecule has 2 aromatic rings. The Morgan fingerprint density at radius 1 is 1.17 bits per heavy atom. The molecule has 1 aromatic carbocycles. The lowest BCUT2D eigenvalue weighted by atomic mass is 10.1. The molecule has 0 fully saturated rings. The number of ether oxygens (including phenoxy) is 1. The van der Waals surface area contributed by atoms with E-state index in [4.69, 9.17) is 4.74 Å². The number of hydrogen-bond acceptors (Lipinski definition) is 3. The van der Waals surface area contributed by atoms with Crippen molar-refractivity contribution >= 4 is 0 Å². The lowest BCUT2D eigenvalue weighted by Crippen LogP contribution is -2.10. The van der Waals surface area contributed by atoms with Crippen molar-refractivity contribution in [2.45, 2.75) is 27.2 Å². The summed E-state index contributed by atoms with van der Waals surface area (Å²) < 4.78 is 5.63. The maximum Gasteiger partial charge on any atom is 0.254 e. The zero-order valence-corrected chi connectivity index (χ0v) is 10.8. The number of nitrogens with one attached hydrogen (secondary N) is 1. The summed E-state index contributed by atoms with van der Waals surface area (Å²) in [7, 11) is 0. The summed E-state index contributed by atoms with van der Waals surface area (Å²) in [5.74, 6) is 1.66. The minimum absolute atomic E-state index is 0.193. The number of aryl methyl sites for hydroxylation is 3. The smallest absolute Gasteiger partial charge is 0.254 e. The highest BCUT2D eigenvalue weighted by Gasteiger charge is 2.03. The molecule has 4 heteroatoms. The van der Waals surface area contributed by atoms with E-state index in [0.717, 1.165) is 11.1 Å². The molecule has 0 unspecified atom stereocenters. The number of H-pyrrole nitrogens is 1. The summed E-state index contributed by atoms with van der Waals surface area (Å²) in [6, 6.07) is 7.26. The van der Waals surface area contributed by atoms with Crippen molar-refractivity contribution in [3.63, 3.8) is 0 Å². The lowest BCUT2D eigenvalue weighted by molar-refractivity contribution is 0.457. The zero-order valence-electron chi connectivity index (χ0n) is 10.8. The summed E-state index contributed by atoms with van der Waals surface area (Å²) in [5, 5.41) is 0. The molecule has 18 heavy (non-hydrogen) atoms. The summed E-state index contributed by atoms with van der Waals surface area (Å²) in [6.45, 7) is 5.93. The molecular weight excluding hydrogens is 228 g/mol. The lowest BCUT2D eigenvalue weighted by Gasteiger charge is -2.07. The van der Waals surface area contributed by atoms with Crippen LogP contribution in [0, 0.1) is 13.8 Å². The van der Waals surface area contributed by atoms with Gasteiger partial charge in [0, 0.05) is 6.42 Å². The minimum Gasteiger partial charge on any atom is -0.439 e. The monoisotopic (exact) mass is 244 g/mol. The third kappa shape index (κ3) is 2.97. The largest absolute Gasteiger partial charge is 0.439 e. The van der Waals surface area contributed by atoms with Gasteiger partial charge in [-0.3, -0.25) is 4.79 Å². The van der Waals surface area contributed by atoms with Gasteiger partial charge in [-0.25, -0.2) is 0 Å². The van der Waals surface area contributed by atoms with Gasteiger partial charge in [0.2, 0.25) is 5.88 Å². The van der Waals surface area contributed by atoms with Crippen LogP contribution in [0.2, 0.25) is 0 Å². The fraction of sp³-hybridized carbons (Fsp3) is 0.286. The second kappa shape index (κ2) is 5.04. The summed E-state index contributed by atoms with van der Waals surface area (Å²) in [5.41, 5.74) is 2.04. The first-order valence-corrected chi connectivity index (χ1v) is 5.93. The van der Waals surface area contributed by atoms with Crippen molar-refractivity contribution < 1.29 is 4.74 Å². The van der Waals surface area contributed by atoms with Gasteiger partial charge in [0.1, 0.15) is 11.6 Å². The van der Waals surface area contributed by atoms with Crippen molar-refractivity contribution in [3.05, 3.63) is 51.6 Å². The molecule has 0 saturated heterocycles. The molecule has 0 radical (unpaired) electrons. The fourth-order valence-corrected chi connectivity index (χ4v) is 1.82. The Kier molecular flexibility index (Phi) is 3.46. The fourth-order valence-electron chi connectivity index (χ4n) is 1.82. The van der Waals surface area contributed by atoms with Crippen molar-refractivity contribution in [2.24, 2.45) is 0 Å². The van der Waals surface area contributed by atoms with Crippen LogP contribution in [0.15, 0.2) is 29.1 Å². The normalized spacial score (nSPS) is 10.4. The van der Waals surface area contributed by atoms with Crippen LogP contribution in [-0.4, -0.2) is 9.97 Å². The van der Waals surface area contributed by atoms with Crippen LogP contribution >= 0.6 is 0 Å². The predicted octanol–water partition coefficient (Wildman–Crippen LogP) is 2.74. The number of nitrogens with zero attached hydrogens (tertiary/aromatic N) is 1. The van der Waals surface area contributed by atoms with Gasteiger partial charge in [-0.15, -0.1) is 0 Å². The average molecular weight is 244 g/mol. The van der Waals surface area contributed by atoms with Gasteiger partial charge in [0.25, 0.3) is 5.56 Å². The van der Waals surface area contributed by atoms with Crippen LogP contribution in [0.4, 0.5) is 0 Å². The van der Waals surface area contributed by atoms with E-state index in [0.29, 0.717) is 23.9 Å². The number of hydrogen-bond donors (Lipinski definition) is 1. The van der Waals surface area contributed by atoms with Crippen molar-refractivity contribution in [1.29, 1.82) is 0 Å². The molecular formula is C14H16N2O2. The molecule has 0 saturated carbocycles. The van der Waals surface area contributed by atoms with Gasteiger partial charge in [-0.1, -0.05) is 13.0 Å². The number of rotatable bonds is 3. The highest BCUT2D eigenvalue weighted by Crippen LogP contribution is 2.21.